The minimum atomic E-state index is -0.0441. The Morgan fingerprint density at radius 2 is 1.68 bits per heavy atom. The Bertz CT molecular complexity index is 203. The lowest BCUT2D eigenvalue weighted by molar-refractivity contribution is -0.858. The molecule has 0 rings (SSSR count). The first-order valence-corrected chi connectivity index (χ1v) is 7.72. The Morgan fingerprint density at radius 3 is 2.26 bits per heavy atom. The van der Waals surface area contributed by atoms with Crippen LogP contribution in [-0.4, -0.2) is 33.2 Å². The van der Waals surface area contributed by atoms with E-state index in [1.165, 1.54) is 24.2 Å². The molecule has 3 heteroatoms. The van der Waals surface area contributed by atoms with E-state index < -0.39 is 0 Å². The van der Waals surface area contributed by atoms with Crippen molar-refractivity contribution >= 4 is 5.97 Å². The van der Waals surface area contributed by atoms with E-state index in [-0.39, 0.29) is 5.97 Å². The van der Waals surface area contributed by atoms with Crippen molar-refractivity contribution in [2.45, 2.75) is 58.8 Å². The maximum Gasteiger partial charge on any atom is 0.305 e. The first-order chi connectivity index (χ1) is 9.16. The van der Waals surface area contributed by atoms with E-state index in [1.807, 2.05) is 19.9 Å². The molecular weight excluding hydrogens is 238 g/mol. The molecule has 0 bridgehead atoms. The third-order valence-corrected chi connectivity index (χ3v) is 2.65. The molecule has 114 valence electrons. The molecule has 19 heavy (non-hydrogen) atoms. The first-order valence-electron chi connectivity index (χ1n) is 7.72. The van der Waals surface area contributed by atoms with Gasteiger partial charge in [0.15, 0.2) is 0 Å². The molecule has 1 N–H and O–H groups in total. The van der Waals surface area contributed by atoms with Crippen LogP contribution in [0.2, 0.25) is 0 Å². The standard InChI is InChI=1S/C14H27NO2.C2H6/c1-4-5-6-7-8-9-10-11-14(16)17-13-12-15(2)3;1-2/h4H,1,5-13H2,2-3H3;1-2H3/p+1. The van der Waals surface area contributed by atoms with Crippen LogP contribution < -0.4 is 4.90 Å². The van der Waals surface area contributed by atoms with E-state index in [9.17, 15) is 4.79 Å². The molecule has 0 radical (unpaired) electrons. The van der Waals surface area contributed by atoms with Gasteiger partial charge >= 0.3 is 5.97 Å². The maximum absolute atomic E-state index is 11.3. The summed E-state index contributed by atoms with van der Waals surface area (Å²) >= 11 is 0. The monoisotopic (exact) mass is 272 g/mol. The van der Waals surface area contributed by atoms with Crippen molar-refractivity contribution in [3.63, 3.8) is 0 Å². The summed E-state index contributed by atoms with van der Waals surface area (Å²) in [7, 11) is 4.11. The van der Waals surface area contributed by atoms with Gasteiger partial charge in [0.05, 0.1) is 14.1 Å². The van der Waals surface area contributed by atoms with Gasteiger partial charge in [-0.15, -0.1) is 6.58 Å². The number of ether oxygens (including phenoxy) is 1. The molecule has 0 atom stereocenters. The Hall–Kier alpha value is -0.830. The van der Waals surface area contributed by atoms with Gasteiger partial charge in [0.2, 0.25) is 0 Å². The van der Waals surface area contributed by atoms with Crippen molar-refractivity contribution in [1.82, 2.24) is 0 Å². The van der Waals surface area contributed by atoms with E-state index in [0.717, 1.165) is 25.8 Å². The molecule has 0 saturated heterocycles. The number of esters is 1. The van der Waals surface area contributed by atoms with Crippen LogP contribution in [0.3, 0.4) is 0 Å². The minimum Gasteiger partial charge on any atom is -0.460 e. The number of hydrogen-bond acceptors (Lipinski definition) is 2. The lowest BCUT2D eigenvalue weighted by atomic mass is 10.1. The summed E-state index contributed by atoms with van der Waals surface area (Å²) in [6.07, 6.45) is 9.41. The van der Waals surface area contributed by atoms with Gasteiger partial charge in [-0.3, -0.25) is 4.79 Å². The summed E-state index contributed by atoms with van der Waals surface area (Å²) < 4.78 is 5.12. The zero-order valence-corrected chi connectivity index (χ0v) is 13.5. The topological polar surface area (TPSA) is 30.7 Å². The lowest BCUT2D eigenvalue weighted by Gasteiger charge is -2.07. The van der Waals surface area contributed by atoms with E-state index in [4.69, 9.17) is 4.74 Å². The van der Waals surface area contributed by atoms with Crippen LogP contribution in [0.5, 0.6) is 0 Å². The highest BCUT2D eigenvalue weighted by molar-refractivity contribution is 5.69. The largest absolute Gasteiger partial charge is 0.460 e. The molecule has 0 saturated carbocycles. The Kier molecular flexibility index (Phi) is 18.5. The van der Waals surface area contributed by atoms with E-state index in [0.29, 0.717) is 13.0 Å². The van der Waals surface area contributed by atoms with Gasteiger partial charge in [0.25, 0.3) is 0 Å². The highest BCUT2D eigenvalue weighted by Crippen LogP contribution is 2.07. The smallest absolute Gasteiger partial charge is 0.305 e. The number of quaternary nitrogens is 1. The van der Waals surface area contributed by atoms with Crippen LogP contribution >= 0.6 is 0 Å². The highest BCUT2D eigenvalue weighted by atomic mass is 16.5. The molecule has 0 aromatic carbocycles. The van der Waals surface area contributed by atoms with Crippen molar-refractivity contribution in [3.8, 4) is 0 Å². The predicted molar refractivity (Wildman–Crippen MR) is 82.5 cm³/mol. The van der Waals surface area contributed by atoms with Gasteiger partial charge in [-0.2, -0.15) is 0 Å². The fraction of sp³-hybridized carbons (Fsp3) is 0.812. The molecule has 0 spiro atoms. The third-order valence-electron chi connectivity index (χ3n) is 2.65. The quantitative estimate of drug-likeness (QED) is 0.356. The normalized spacial score (nSPS) is 9.74. The van der Waals surface area contributed by atoms with Gasteiger partial charge in [0, 0.05) is 6.42 Å². The number of nitrogens with one attached hydrogen (secondary N) is 1. The summed E-state index contributed by atoms with van der Waals surface area (Å²) in [6, 6.07) is 0. The molecule has 0 heterocycles. The Balaban J connectivity index is 0. The Morgan fingerprint density at radius 1 is 1.11 bits per heavy atom. The van der Waals surface area contributed by atoms with Gasteiger partial charge in [-0.25, -0.2) is 0 Å². The number of hydrogen-bond donors (Lipinski definition) is 1. The number of carbonyl (C=O) groups excluding carboxylic acids is 1. The van der Waals surface area contributed by atoms with Gasteiger partial charge in [-0.1, -0.05) is 39.2 Å². The second-order valence-corrected chi connectivity index (χ2v) is 4.77. The molecule has 0 aliphatic carbocycles. The fourth-order valence-electron chi connectivity index (χ4n) is 1.53. The zero-order valence-electron chi connectivity index (χ0n) is 13.5. The van der Waals surface area contributed by atoms with Gasteiger partial charge in [-0.05, 0) is 19.3 Å². The van der Waals surface area contributed by atoms with Gasteiger partial charge < -0.3 is 9.64 Å². The molecule has 0 aromatic rings. The van der Waals surface area contributed by atoms with Crippen LogP contribution in [0.1, 0.15) is 58.8 Å². The predicted octanol–water partition coefficient (Wildman–Crippen LogP) is 2.62. The number of rotatable bonds is 11. The Labute approximate surface area is 120 Å². The molecule has 3 nitrogen and oxygen atoms in total. The average molecular weight is 272 g/mol. The van der Waals surface area contributed by atoms with E-state index in [1.54, 1.807) is 0 Å². The fourth-order valence-corrected chi connectivity index (χ4v) is 1.53. The SMILES string of the molecule is C=CCCCCCCCC(=O)OCC[NH+](C)C.CC. The van der Waals surface area contributed by atoms with Crippen molar-refractivity contribution in [2.75, 3.05) is 27.2 Å². The second kappa shape index (κ2) is 17.2. The molecule has 0 aromatic heterocycles. The zero-order chi connectivity index (χ0) is 14.9. The summed E-state index contributed by atoms with van der Waals surface area (Å²) in [5.41, 5.74) is 0. The van der Waals surface area contributed by atoms with Crippen molar-refractivity contribution in [1.29, 1.82) is 0 Å². The maximum atomic E-state index is 11.3. The number of likely N-dealkylation sites (N-methyl/N-ethyl adjacent to an activating group) is 1. The average Bonchev–Trinajstić information content (AvgIpc) is 2.39. The summed E-state index contributed by atoms with van der Waals surface area (Å²) in [5.74, 6) is -0.0441. The van der Waals surface area contributed by atoms with Crippen molar-refractivity contribution in [2.24, 2.45) is 0 Å². The molecule has 0 fully saturated rings. The van der Waals surface area contributed by atoms with E-state index in [2.05, 4.69) is 20.7 Å². The number of unbranched alkanes of at least 4 members (excludes halogenated alkanes) is 5. The molecule has 0 aliphatic rings. The van der Waals surface area contributed by atoms with Crippen LogP contribution in [0, 0.1) is 0 Å². The van der Waals surface area contributed by atoms with Crippen molar-refractivity contribution < 1.29 is 14.4 Å². The third kappa shape index (κ3) is 19.7. The van der Waals surface area contributed by atoms with Crippen LogP contribution in [-0.2, 0) is 9.53 Å². The lowest BCUT2D eigenvalue weighted by Crippen LogP contribution is -3.06. The molecule has 0 unspecified atom stereocenters. The van der Waals surface area contributed by atoms with Crippen LogP contribution in [0.25, 0.3) is 0 Å². The van der Waals surface area contributed by atoms with Crippen LogP contribution in [0.4, 0.5) is 0 Å². The summed E-state index contributed by atoms with van der Waals surface area (Å²) in [4.78, 5) is 12.6. The molecule has 0 amide bonds. The molecule has 0 aliphatic heterocycles. The number of carbonyl (C=O) groups is 1. The number of allylic oxidation sites excluding steroid dienone is 1. The van der Waals surface area contributed by atoms with E-state index >= 15 is 0 Å². The minimum absolute atomic E-state index is 0.0441. The summed E-state index contributed by atoms with van der Waals surface area (Å²) in [5, 5.41) is 0. The summed E-state index contributed by atoms with van der Waals surface area (Å²) in [6.45, 7) is 9.12. The molecular formula is C16H34NO2+. The van der Waals surface area contributed by atoms with Crippen LogP contribution in [0.15, 0.2) is 12.7 Å². The second-order valence-electron chi connectivity index (χ2n) is 4.77. The first kappa shape index (κ1) is 20.5. The highest BCUT2D eigenvalue weighted by Gasteiger charge is 2.03. The van der Waals surface area contributed by atoms with Gasteiger partial charge in [0.1, 0.15) is 13.2 Å². The van der Waals surface area contributed by atoms with Crippen molar-refractivity contribution in [3.05, 3.63) is 12.7 Å².